The normalized spacial score (nSPS) is 11.3. The lowest BCUT2D eigenvalue weighted by Gasteiger charge is -2.06. The van der Waals surface area contributed by atoms with Crippen LogP contribution in [0.1, 0.15) is 15.9 Å². The summed E-state index contributed by atoms with van der Waals surface area (Å²) in [6.07, 6.45) is 1.89. The van der Waals surface area contributed by atoms with Crippen LogP contribution in [0.2, 0.25) is 0 Å². The number of hydrogen-bond acceptors (Lipinski definition) is 2. The van der Waals surface area contributed by atoms with E-state index in [0.29, 0.717) is 0 Å². The summed E-state index contributed by atoms with van der Waals surface area (Å²) in [6.45, 7) is 0.0634. The molecule has 0 saturated heterocycles. The molecule has 0 N–H and O–H groups in total. The number of carbonyl (C=O) groups excluding carboxylic acids is 1. The Morgan fingerprint density at radius 1 is 1.11 bits per heavy atom. The lowest BCUT2D eigenvalue weighted by Crippen LogP contribution is -2.37. The zero-order valence-corrected chi connectivity index (χ0v) is 9.76. The van der Waals surface area contributed by atoms with E-state index in [4.69, 9.17) is 0 Å². The van der Waals surface area contributed by atoms with Gasteiger partial charge in [0, 0.05) is 5.56 Å². The van der Waals surface area contributed by atoms with Gasteiger partial charge in [0.25, 0.3) is 0 Å². The summed E-state index contributed by atoms with van der Waals surface area (Å²) >= 11 is 0. The van der Waals surface area contributed by atoms with Crippen LogP contribution in [0.5, 0.6) is 0 Å². The van der Waals surface area contributed by atoms with Crippen molar-refractivity contribution >= 4 is 5.78 Å². The molecule has 0 saturated carbocycles. The second-order valence-electron chi connectivity index (χ2n) is 3.92. The van der Waals surface area contributed by atoms with Crippen molar-refractivity contribution in [3.05, 3.63) is 60.2 Å². The molecule has 0 aliphatic carbocycles. The van der Waals surface area contributed by atoms with E-state index in [-0.39, 0.29) is 17.9 Å². The van der Waals surface area contributed by atoms with Gasteiger partial charge in [-0.2, -0.15) is 17.7 Å². The minimum Gasteiger partial charge on any atom is -0.287 e. The van der Waals surface area contributed by atoms with Gasteiger partial charge in [-0.25, -0.2) is 0 Å². The number of carbonyl (C=O) groups is 1. The number of halogens is 3. The predicted octanol–water partition coefficient (Wildman–Crippen LogP) is 2.27. The molecule has 1 aromatic heterocycles. The smallest absolute Gasteiger partial charge is 0.287 e. The summed E-state index contributed by atoms with van der Waals surface area (Å²) < 4.78 is 38.7. The fourth-order valence-corrected chi connectivity index (χ4v) is 1.56. The third kappa shape index (κ3) is 3.37. The topological polar surface area (TPSA) is 33.8 Å². The average molecular weight is 267 g/mol. The van der Waals surface area contributed by atoms with Crippen molar-refractivity contribution in [3.63, 3.8) is 0 Å². The lowest BCUT2D eigenvalue weighted by atomic mass is 10.1. The van der Waals surface area contributed by atoms with Crippen molar-refractivity contribution < 1.29 is 22.5 Å². The second kappa shape index (κ2) is 5.17. The van der Waals surface area contributed by atoms with E-state index in [9.17, 15) is 18.0 Å². The number of nitrogens with zero attached hydrogens (tertiary/aromatic N) is 2. The highest BCUT2D eigenvalue weighted by Crippen LogP contribution is 2.29. The van der Waals surface area contributed by atoms with Crippen LogP contribution in [0.25, 0.3) is 0 Å². The molecule has 0 aliphatic heterocycles. The molecule has 2 rings (SSSR count). The third-order valence-electron chi connectivity index (χ3n) is 2.55. The zero-order valence-electron chi connectivity index (χ0n) is 9.76. The summed E-state index contributed by atoms with van der Waals surface area (Å²) in [5.74, 6) is -0.259. The molecule has 0 radical (unpaired) electrons. The fourth-order valence-electron chi connectivity index (χ4n) is 1.56. The highest BCUT2D eigenvalue weighted by atomic mass is 19.4. The van der Waals surface area contributed by atoms with E-state index in [2.05, 4.69) is 4.98 Å². The number of alkyl halides is 3. The summed E-state index contributed by atoms with van der Waals surface area (Å²) in [6, 6.07) is 4.19. The number of ketones is 1. The molecule has 0 amide bonds. The third-order valence-corrected chi connectivity index (χ3v) is 2.55. The Balaban J connectivity index is 2.12. The van der Waals surface area contributed by atoms with Gasteiger partial charge in [0.15, 0.2) is 12.4 Å². The van der Waals surface area contributed by atoms with E-state index in [1.54, 1.807) is 17.0 Å². The monoisotopic (exact) mass is 267 g/mol. The van der Waals surface area contributed by atoms with Crippen LogP contribution in [0.3, 0.4) is 0 Å². The molecule has 6 heteroatoms. The lowest BCUT2D eigenvalue weighted by molar-refractivity contribution is -0.683. The molecule has 0 aliphatic rings. The van der Waals surface area contributed by atoms with Crippen LogP contribution in [0.4, 0.5) is 13.2 Å². The van der Waals surface area contributed by atoms with Crippen LogP contribution < -0.4 is 4.57 Å². The molecule has 0 unspecified atom stereocenters. The van der Waals surface area contributed by atoms with Gasteiger partial charge in [-0.3, -0.25) is 9.78 Å². The zero-order chi connectivity index (χ0) is 13.9. The molecule has 0 atom stereocenters. The largest absolute Gasteiger partial charge is 0.416 e. The Kier molecular flexibility index (Phi) is 3.59. The first-order chi connectivity index (χ1) is 8.97. The van der Waals surface area contributed by atoms with Crippen LogP contribution in [0, 0.1) is 0 Å². The van der Waals surface area contributed by atoms with Crippen molar-refractivity contribution in [1.29, 1.82) is 0 Å². The standard InChI is InChI=1S/C13H10F3N2O/c14-13(15,16)11-3-1-10(2-4-11)12(19)9-18-7-5-17-6-8-18/h1-8H,9H2/q+1. The predicted molar refractivity (Wildman–Crippen MR) is 60.2 cm³/mol. The van der Waals surface area contributed by atoms with Gasteiger partial charge in [-0.1, -0.05) is 12.1 Å². The van der Waals surface area contributed by atoms with Gasteiger partial charge in [0.1, 0.15) is 0 Å². The van der Waals surface area contributed by atoms with Gasteiger partial charge in [-0.15, -0.1) is 0 Å². The molecule has 98 valence electrons. The van der Waals surface area contributed by atoms with Crippen LogP contribution in [-0.4, -0.2) is 10.8 Å². The first-order valence-corrected chi connectivity index (χ1v) is 5.46. The SMILES string of the molecule is O=C(C[n+]1ccncc1)c1ccc(C(F)(F)F)cc1. The molecule has 0 bridgehead atoms. The van der Waals surface area contributed by atoms with Crippen molar-refractivity contribution in [2.75, 3.05) is 0 Å². The number of Topliss-reactive ketones (excluding diaryl/α,β-unsaturated/α-hetero) is 1. The Morgan fingerprint density at radius 3 is 2.21 bits per heavy atom. The number of hydrogen-bond donors (Lipinski definition) is 0. The maximum Gasteiger partial charge on any atom is 0.416 e. The molecule has 0 spiro atoms. The van der Waals surface area contributed by atoms with Gasteiger partial charge in [0.2, 0.25) is 12.3 Å². The van der Waals surface area contributed by atoms with E-state index in [0.717, 1.165) is 12.1 Å². The molecule has 1 heterocycles. The highest BCUT2D eigenvalue weighted by molar-refractivity contribution is 5.95. The Morgan fingerprint density at radius 2 is 1.68 bits per heavy atom. The quantitative estimate of drug-likeness (QED) is 0.631. The molecular weight excluding hydrogens is 257 g/mol. The maximum absolute atomic E-state index is 12.4. The fraction of sp³-hybridized carbons (Fsp3) is 0.154. The van der Waals surface area contributed by atoms with E-state index in [1.807, 2.05) is 0 Å². The first-order valence-electron chi connectivity index (χ1n) is 5.46. The summed E-state index contributed by atoms with van der Waals surface area (Å²) in [5.41, 5.74) is -0.516. The Bertz CT molecular complexity index is 565. The van der Waals surface area contributed by atoms with Gasteiger partial charge in [-0.05, 0) is 12.1 Å². The molecule has 1 aromatic carbocycles. The van der Waals surface area contributed by atoms with Crippen molar-refractivity contribution in [1.82, 2.24) is 4.98 Å². The van der Waals surface area contributed by atoms with Crippen LogP contribution in [-0.2, 0) is 12.7 Å². The molecule has 0 fully saturated rings. The average Bonchev–Trinajstić information content (AvgIpc) is 2.39. The van der Waals surface area contributed by atoms with Gasteiger partial charge < -0.3 is 0 Å². The molecule has 19 heavy (non-hydrogen) atoms. The number of benzene rings is 1. The summed E-state index contributed by atoms with van der Waals surface area (Å²) in [7, 11) is 0. The van der Waals surface area contributed by atoms with Crippen molar-refractivity contribution in [2.24, 2.45) is 0 Å². The second-order valence-corrected chi connectivity index (χ2v) is 3.92. The van der Waals surface area contributed by atoms with Gasteiger partial charge >= 0.3 is 6.18 Å². The van der Waals surface area contributed by atoms with E-state index >= 15 is 0 Å². The van der Waals surface area contributed by atoms with Crippen LogP contribution >= 0.6 is 0 Å². The number of rotatable bonds is 3. The van der Waals surface area contributed by atoms with E-state index in [1.165, 1.54) is 24.5 Å². The van der Waals surface area contributed by atoms with E-state index < -0.39 is 11.7 Å². The minimum absolute atomic E-state index is 0.0634. The Hall–Kier alpha value is -2.24. The van der Waals surface area contributed by atoms with Crippen LogP contribution in [0.15, 0.2) is 49.1 Å². The van der Waals surface area contributed by atoms with Gasteiger partial charge in [0.05, 0.1) is 18.0 Å². The highest BCUT2D eigenvalue weighted by Gasteiger charge is 2.30. The summed E-state index contributed by atoms with van der Waals surface area (Å²) in [4.78, 5) is 15.7. The minimum atomic E-state index is -4.39. The molecule has 2 aromatic rings. The summed E-state index contributed by atoms with van der Waals surface area (Å²) in [5, 5.41) is 0. The molecular formula is C13H10F3N2O+. The maximum atomic E-state index is 12.4. The Labute approximate surface area is 107 Å². The van der Waals surface area contributed by atoms with Crippen molar-refractivity contribution in [2.45, 2.75) is 12.7 Å². The van der Waals surface area contributed by atoms with Crippen molar-refractivity contribution in [3.8, 4) is 0 Å². The number of aromatic nitrogens is 2. The molecule has 3 nitrogen and oxygen atoms in total. The first kappa shape index (κ1) is 13.2.